The Kier molecular flexibility index (Phi) is 4.89. The summed E-state index contributed by atoms with van der Waals surface area (Å²) in [6.45, 7) is 3.10. The summed E-state index contributed by atoms with van der Waals surface area (Å²) >= 11 is 1.08. The number of nitrogens with one attached hydrogen (secondary N) is 1. The summed E-state index contributed by atoms with van der Waals surface area (Å²) < 4.78 is 37.6. The van der Waals surface area contributed by atoms with Crippen LogP contribution in [0.3, 0.4) is 0 Å². The molecule has 23 heavy (non-hydrogen) atoms. The molecule has 0 bridgehead atoms. The third-order valence-electron chi connectivity index (χ3n) is 3.26. The standard InChI is InChI=1S/C16H14F3NO2S/c1-9(11-3-5-12(6-4-11)16(17,18)19)20-15(22)14-8-7-13(23-14)10(2)21/h3-9H,1-2H3,(H,20,22)/t9-/m0/s1. The van der Waals surface area contributed by atoms with Crippen molar-refractivity contribution in [2.24, 2.45) is 0 Å². The molecule has 7 heteroatoms. The highest BCUT2D eigenvalue weighted by Gasteiger charge is 2.30. The maximum Gasteiger partial charge on any atom is 0.416 e. The van der Waals surface area contributed by atoms with Crippen LogP contribution in [0.25, 0.3) is 0 Å². The van der Waals surface area contributed by atoms with Crippen molar-refractivity contribution < 1.29 is 22.8 Å². The molecule has 1 aromatic heterocycles. The van der Waals surface area contributed by atoms with Gasteiger partial charge in [0.1, 0.15) is 0 Å². The van der Waals surface area contributed by atoms with Gasteiger partial charge in [0.05, 0.1) is 21.4 Å². The summed E-state index contributed by atoms with van der Waals surface area (Å²) in [5.41, 5.74) is -0.168. The molecular weight excluding hydrogens is 327 g/mol. The number of rotatable bonds is 4. The van der Waals surface area contributed by atoms with E-state index in [4.69, 9.17) is 0 Å². The van der Waals surface area contributed by atoms with Crippen molar-refractivity contribution in [1.82, 2.24) is 5.32 Å². The number of carbonyl (C=O) groups excluding carboxylic acids is 2. The molecule has 0 fully saturated rings. The fourth-order valence-corrected chi connectivity index (χ4v) is 2.77. The van der Waals surface area contributed by atoms with Gasteiger partial charge in [0.2, 0.25) is 0 Å². The number of alkyl halides is 3. The number of hydrogen-bond donors (Lipinski definition) is 1. The van der Waals surface area contributed by atoms with Crippen LogP contribution in [0.5, 0.6) is 0 Å². The third-order valence-corrected chi connectivity index (χ3v) is 4.45. The Morgan fingerprint density at radius 3 is 2.09 bits per heavy atom. The second-order valence-electron chi connectivity index (χ2n) is 5.04. The van der Waals surface area contributed by atoms with E-state index in [9.17, 15) is 22.8 Å². The minimum Gasteiger partial charge on any atom is -0.345 e. The molecule has 0 radical (unpaired) electrons. The van der Waals surface area contributed by atoms with Gasteiger partial charge in [-0.2, -0.15) is 13.2 Å². The van der Waals surface area contributed by atoms with E-state index in [0.29, 0.717) is 15.3 Å². The van der Waals surface area contributed by atoms with Crippen LogP contribution in [-0.4, -0.2) is 11.7 Å². The number of halogens is 3. The number of ketones is 1. The van der Waals surface area contributed by atoms with Crippen LogP contribution in [0.2, 0.25) is 0 Å². The van der Waals surface area contributed by atoms with E-state index < -0.39 is 17.8 Å². The highest BCUT2D eigenvalue weighted by molar-refractivity contribution is 7.15. The van der Waals surface area contributed by atoms with Gasteiger partial charge in [0.25, 0.3) is 5.91 Å². The predicted octanol–water partition coefficient (Wildman–Crippen LogP) is 4.46. The van der Waals surface area contributed by atoms with Crippen LogP contribution < -0.4 is 5.32 Å². The van der Waals surface area contributed by atoms with Gasteiger partial charge in [-0.3, -0.25) is 9.59 Å². The van der Waals surface area contributed by atoms with Crippen LogP contribution in [0.1, 0.15) is 50.4 Å². The van der Waals surface area contributed by atoms with E-state index in [-0.39, 0.29) is 11.7 Å². The number of carbonyl (C=O) groups is 2. The first-order valence-electron chi connectivity index (χ1n) is 6.77. The van der Waals surface area contributed by atoms with Crippen LogP contribution in [0.4, 0.5) is 13.2 Å². The molecule has 2 rings (SSSR count). The lowest BCUT2D eigenvalue weighted by Gasteiger charge is -2.15. The summed E-state index contributed by atoms with van der Waals surface area (Å²) in [4.78, 5) is 24.2. The smallest absolute Gasteiger partial charge is 0.345 e. The molecule has 0 aliphatic carbocycles. The lowest BCUT2D eigenvalue weighted by atomic mass is 10.1. The number of benzene rings is 1. The molecule has 0 saturated carbocycles. The zero-order valence-corrected chi connectivity index (χ0v) is 13.2. The lowest BCUT2D eigenvalue weighted by molar-refractivity contribution is -0.137. The normalized spacial score (nSPS) is 12.7. The Labute approximate surface area is 135 Å². The number of Topliss-reactive ketones (excluding diaryl/α,β-unsaturated/α-hetero) is 1. The van der Waals surface area contributed by atoms with Crippen molar-refractivity contribution in [1.29, 1.82) is 0 Å². The summed E-state index contributed by atoms with van der Waals surface area (Å²) in [5.74, 6) is -0.486. The van der Waals surface area contributed by atoms with Crippen molar-refractivity contribution >= 4 is 23.0 Å². The van der Waals surface area contributed by atoms with Crippen molar-refractivity contribution in [3.05, 3.63) is 57.3 Å². The molecule has 0 aliphatic heterocycles. The molecule has 0 spiro atoms. The summed E-state index contributed by atoms with van der Waals surface area (Å²) in [6, 6.07) is 7.31. The molecule has 1 amide bonds. The molecular formula is C16H14F3NO2S. The number of hydrogen-bond acceptors (Lipinski definition) is 3. The predicted molar refractivity (Wildman–Crippen MR) is 81.6 cm³/mol. The van der Waals surface area contributed by atoms with Gasteiger partial charge in [-0.05, 0) is 43.7 Å². The third kappa shape index (κ3) is 4.19. The van der Waals surface area contributed by atoms with Crippen molar-refractivity contribution in [3.8, 4) is 0 Å². The first kappa shape index (κ1) is 17.2. The Morgan fingerprint density at radius 1 is 1.04 bits per heavy atom. The van der Waals surface area contributed by atoms with E-state index in [1.807, 2.05) is 0 Å². The minimum atomic E-state index is -4.38. The first-order valence-corrected chi connectivity index (χ1v) is 7.59. The van der Waals surface area contributed by atoms with Gasteiger partial charge in [-0.15, -0.1) is 11.3 Å². The monoisotopic (exact) mass is 341 g/mol. The molecule has 1 atom stereocenters. The summed E-state index contributed by atoms with van der Waals surface area (Å²) in [7, 11) is 0. The maximum atomic E-state index is 12.5. The van der Waals surface area contributed by atoms with Gasteiger partial charge in [0.15, 0.2) is 5.78 Å². The zero-order chi connectivity index (χ0) is 17.2. The van der Waals surface area contributed by atoms with E-state index in [1.54, 1.807) is 19.1 Å². The van der Waals surface area contributed by atoms with Crippen LogP contribution in [0.15, 0.2) is 36.4 Å². The van der Waals surface area contributed by atoms with Gasteiger partial charge in [-0.1, -0.05) is 12.1 Å². The molecule has 3 nitrogen and oxygen atoms in total. The van der Waals surface area contributed by atoms with Crippen LogP contribution >= 0.6 is 11.3 Å². The van der Waals surface area contributed by atoms with Gasteiger partial charge < -0.3 is 5.32 Å². The van der Waals surface area contributed by atoms with Gasteiger partial charge >= 0.3 is 6.18 Å². The number of thiophene rings is 1. The van der Waals surface area contributed by atoms with Crippen molar-refractivity contribution in [3.63, 3.8) is 0 Å². The molecule has 0 aliphatic rings. The Morgan fingerprint density at radius 2 is 1.61 bits per heavy atom. The highest BCUT2D eigenvalue weighted by Crippen LogP contribution is 2.30. The largest absolute Gasteiger partial charge is 0.416 e. The molecule has 1 heterocycles. The van der Waals surface area contributed by atoms with E-state index in [0.717, 1.165) is 23.5 Å². The second kappa shape index (κ2) is 6.54. The fourth-order valence-electron chi connectivity index (χ4n) is 1.96. The molecule has 1 N–H and O–H groups in total. The molecule has 0 saturated heterocycles. The highest BCUT2D eigenvalue weighted by atomic mass is 32.1. The van der Waals surface area contributed by atoms with Crippen molar-refractivity contribution in [2.75, 3.05) is 0 Å². The first-order chi connectivity index (χ1) is 10.7. The summed E-state index contributed by atoms with van der Waals surface area (Å²) in [5, 5.41) is 2.70. The van der Waals surface area contributed by atoms with Gasteiger partial charge in [-0.25, -0.2) is 0 Å². The molecule has 2 aromatic rings. The van der Waals surface area contributed by atoms with E-state index in [1.165, 1.54) is 19.1 Å². The van der Waals surface area contributed by atoms with Crippen molar-refractivity contribution in [2.45, 2.75) is 26.1 Å². The fraction of sp³-hybridized carbons (Fsp3) is 0.250. The average molecular weight is 341 g/mol. The van der Waals surface area contributed by atoms with Crippen LogP contribution in [0, 0.1) is 0 Å². The Bertz CT molecular complexity index is 720. The van der Waals surface area contributed by atoms with E-state index in [2.05, 4.69) is 5.32 Å². The lowest BCUT2D eigenvalue weighted by Crippen LogP contribution is -2.25. The van der Waals surface area contributed by atoms with Gasteiger partial charge in [0, 0.05) is 0 Å². The second-order valence-corrected chi connectivity index (χ2v) is 6.12. The summed E-state index contributed by atoms with van der Waals surface area (Å²) in [6.07, 6.45) is -4.38. The topological polar surface area (TPSA) is 46.2 Å². The average Bonchev–Trinajstić information content (AvgIpc) is 2.96. The molecule has 122 valence electrons. The maximum absolute atomic E-state index is 12.5. The quantitative estimate of drug-likeness (QED) is 0.835. The molecule has 1 aromatic carbocycles. The minimum absolute atomic E-state index is 0.121. The Hall–Kier alpha value is -2.15. The van der Waals surface area contributed by atoms with E-state index >= 15 is 0 Å². The number of amides is 1. The van der Waals surface area contributed by atoms with Crippen LogP contribution in [-0.2, 0) is 6.18 Å². The zero-order valence-electron chi connectivity index (χ0n) is 12.4. The Balaban J connectivity index is 2.07. The SMILES string of the molecule is CC(=O)c1ccc(C(=O)N[C@@H](C)c2ccc(C(F)(F)F)cc2)s1. The molecule has 0 unspecified atom stereocenters.